The molecule has 0 saturated carbocycles. The molecule has 1 aromatic heterocycles. The molecule has 0 aliphatic rings. The molecule has 6 nitrogen and oxygen atoms in total. The number of anilines is 1. The summed E-state index contributed by atoms with van der Waals surface area (Å²) in [6, 6.07) is 2.72. The lowest BCUT2D eigenvalue weighted by Gasteiger charge is -2.10. The molecular weight excluding hydrogens is 307 g/mol. The van der Waals surface area contributed by atoms with Gasteiger partial charge < -0.3 is 14.9 Å². The van der Waals surface area contributed by atoms with Crippen LogP contribution in [-0.2, 0) is 0 Å². The van der Waals surface area contributed by atoms with Gasteiger partial charge in [0.1, 0.15) is 5.56 Å². The van der Waals surface area contributed by atoms with Crippen LogP contribution in [0.1, 0.15) is 26.5 Å². The van der Waals surface area contributed by atoms with E-state index >= 15 is 0 Å². The number of nitrogens with one attached hydrogen (secondary N) is 1. The van der Waals surface area contributed by atoms with E-state index in [2.05, 4.69) is 10.5 Å². The third kappa shape index (κ3) is 2.61. The number of benzene rings is 1. The third-order valence-corrected chi connectivity index (χ3v) is 3.14. The zero-order valence-electron chi connectivity index (χ0n) is 10.1. The van der Waals surface area contributed by atoms with E-state index in [0.717, 1.165) is 0 Å². The number of amides is 1. The molecule has 104 valence electrons. The maximum atomic E-state index is 12.0. The van der Waals surface area contributed by atoms with Gasteiger partial charge in [-0.05, 0) is 19.1 Å². The SMILES string of the molecule is Cc1cnoc1C(=O)Nc1c(Cl)ccc(Cl)c1C(=O)O. The Labute approximate surface area is 123 Å². The number of carbonyl (C=O) groups excluding carboxylic acids is 1. The van der Waals surface area contributed by atoms with E-state index in [1.54, 1.807) is 6.92 Å². The van der Waals surface area contributed by atoms with Crippen molar-refractivity contribution in [2.75, 3.05) is 5.32 Å². The van der Waals surface area contributed by atoms with Crippen molar-refractivity contribution in [1.82, 2.24) is 5.16 Å². The summed E-state index contributed by atoms with van der Waals surface area (Å²) in [4.78, 5) is 23.2. The fourth-order valence-electron chi connectivity index (χ4n) is 1.56. The molecule has 0 bridgehead atoms. The van der Waals surface area contributed by atoms with Crippen molar-refractivity contribution in [2.45, 2.75) is 6.92 Å². The second-order valence-corrected chi connectivity index (χ2v) is 4.69. The normalized spacial score (nSPS) is 10.3. The summed E-state index contributed by atoms with van der Waals surface area (Å²) in [5.74, 6) is -1.99. The Morgan fingerprint density at radius 3 is 2.50 bits per heavy atom. The van der Waals surface area contributed by atoms with Crippen molar-refractivity contribution in [3.63, 3.8) is 0 Å². The van der Waals surface area contributed by atoms with E-state index in [4.69, 9.17) is 32.8 Å². The van der Waals surface area contributed by atoms with Gasteiger partial charge in [-0.15, -0.1) is 0 Å². The predicted octanol–water partition coefficient (Wildman–Crippen LogP) is 3.24. The molecule has 0 fully saturated rings. The first-order valence-electron chi connectivity index (χ1n) is 5.35. The van der Waals surface area contributed by atoms with E-state index < -0.39 is 11.9 Å². The fraction of sp³-hybridized carbons (Fsp3) is 0.0833. The van der Waals surface area contributed by atoms with Crippen molar-refractivity contribution >= 4 is 40.8 Å². The molecular formula is C12H8Cl2N2O4. The van der Waals surface area contributed by atoms with Crippen LogP contribution >= 0.6 is 23.2 Å². The van der Waals surface area contributed by atoms with Crippen LogP contribution < -0.4 is 5.32 Å². The molecule has 0 spiro atoms. The van der Waals surface area contributed by atoms with Gasteiger partial charge in [0.25, 0.3) is 5.91 Å². The van der Waals surface area contributed by atoms with Gasteiger partial charge >= 0.3 is 5.97 Å². The molecule has 0 aliphatic carbocycles. The number of nitrogens with zero attached hydrogens (tertiary/aromatic N) is 1. The Morgan fingerprint density at radius 2 is 1.95 bits per heavy atom. The minimum atomic E-state index is -1.30. The smallest absolute Gasteiger partial charge is 0.339 e. The van der Waals surface area contributed by atoms with Crippen molar-refractivity contribution in [2.24, 2.45) is 0 Å². The monoisotopic (exact) mass is 314 g/mol. The molecule has 0 aliphatic heterocycles. The highest BCUT2D eigenvalue weighted by atomic mass is 35.5. The second kappa shape index (κ2) is 5.52. The number of carboxylic acid groups (broad SMARTS) is 1. The van der Waals surface area contributed by atoms with Crippen LogP contribution in [0.3, 0.4) is 0 Å². The fourth-order valence-corrected chi connectivity index (χ4v) is 2.01. The number of hydrogen-bond donors (Lipinski definition) is 2. The number of halogens is 2. The molecule has 0 saturated heterocycles. The zero-order valence-corrected chi connectivity index (χ0v) is 11.6. The van der Waals surface area contributed by atoms with Crippen molar-refractivity contribution in [3.05, 3.63) is 45.3 Å². The van der Waals surface area contributed by atoms with E-state index in [-0.39, 0.29) is 27.1 Å². The van der Waals surface area contributed by atoms with Crippen LogP contribution in [-0.4, -0.2) is 22.1 Å². The van der Waals surface area contributed by atoms with Gasteiger partial charge in [0.05, 0.1) is 21.9 Å². The van der Waals surface area contributed by atoms with E-state index in [0.29, 0.717) is 5.56 Å². The maximum Gasteiger partial charge on any atom is 0.339 e. The lowest BCUT2D eigenvalue weighted by Crippen LogP contribution is -2.16. The molecule has 2 rings (SSSR count). The molecule has 2 N–H and O–H groups in total. The van der Waals surface area contributed by atoms with Gasteiger partial charge in [-0.3, -0.25) is 4.79 Å². The Hall–Kier alpha value is -2.05. The highest BCUT2D eigenvalue weighted by molar-refractivity contribution is 6.38. The molecule has 0 atom stereocenters. The van der Waals surface area contributed by atoms with E-state index in [1.165, 1.54) is 18.3 Å². The molecule has 1 aromatic carbocycles. The molecule has 20 heavy (non-hydrogen) atoms. The topological polar surface area (TPSA) is 92.4 Å². The first-order valence-corrected chi connectivity index (χ1v) is 6.11. The van der Waals surface area contributed by atoms with Crippen LogP contribution in [0.2, 0.25) is 10.0 Å². The Morgan fingerprint density at radius 1 is 1.30 bits per heavy atom. The number of aromatic nitrogens is 1. The summed E-state index contributed by atoms with van der Waals surface area (Å²) in [5, 5.41) is 15.0. The number of rotatable bonds is 3. The first kappa shape index (κ1) is 14.4. The molecule has 8 heteroatoms. The largest absolute Gasteiger partial charge is 0.478 e. The van der Waals surface area contributed by atoms with E-state index in [1.807, 2.05) is 0 Å². The van der Waals surface area contributed by atoms with Gasteiger partial charge in [-0.25, -0.2) is 4.79 Å². The van der Waals surface area contributed by atoms with Crippen molar-refractivity contribution in [1.29, 1.82) is 0 Å². The zero-order chi connectivity index (χ0) is 14.9. The van der Waals surface area contributed by atoms with Gasteiger partial charge in [0.15, 0.2) is 0 Å². The van der Waals surface area contributed by atoms with Gasteiger partial charge in [0.2, 0.25) is 5.76 Å². The Kier molecular flexibility index (Phi) is 3.96. The minimum Gasteiger partial charge on any atom is -0.478 e. The van der Waals surface area contributed by atoms with Crippen LogP contribution in [0.4, 0.5) is 5.69 Å². The maximum absolute atomic E-state index is 12.0. The molecule has 1 heterocycles. The highest BCUT2D eigenvalue weighted by Gasteiger charge is 2.22. The number of aromatic carboxylic acids is 1. The van der Waals surface area contributed by atoms with Crippen molar-refractivity contribution in [3.8, 4) is 0 Å². The Bertz CT molecular complexity index is 697. The summed E-state index contributed by atoms with van der Waals surface area (Å²) in [6.45, 7) is 1.63. The number of carboxylic acids is 1. The minimum absolute atomic E-state index is 0.0302. The first-order chi connectivity index (χ1) is 9.41. The van der Waals surface area contributed by atoms with Gasteiger partial charge in [-0.2, -0.15) is 0 Å². The number of aryl methyl sites for hydroxylation is 1. The quantitative estimate of drug-likeness (QED) is 0.907. The Balaban J connectivity index is 2.44. The van der Waals surface area contributed by atoms with Gasteiger partial charge in [-0.1, -0.05) is 28.4 Å². The predicted molar refractivity (Wildman–Crippen MR) is 72.6 cm³/mol. The average molecular weight is 315 g/mol. The summed E-state index contributed by atoms with van der Waals surface area (Å²) < 4.78 is 4.78. The molecule has 2 aromatic rings. The number of carbonyl (C=O) groups is 2. The lowest BCUT2D eigenvalue weighted by atomic mass is 10.1. The lowest BCUT2D eigenvalue weighted by molar-refractivity contribution is 0.0698. The average Bonchev–Trinajstić information content (AvgIpc) is 2.79. The van der Waals surface area contributed by atoms with Crippen LogP contribution in [0, 0.1) is 6.92 Å². The standard InChI is InChI=1S/C12H8Cl2N2O4/c1-5-4-15-20-10(5)11(17)16-9-7(14)3-2-6(13)8(9)12(18)19/h2-4H,1H3,(H,16,17)(H,18,19). The highest BCUT2D eigenvalue weighted by Crippen LogP contribution is 2.32. The van der Waals surface area contributed by atoms with Crippen LogP contribution in [0.5, 0.6) is 0 Å². The van der Waals surface area contributed by atoms with Gasteiger partial charge in [0, 0.05) is 5.56 Å². The third-order valence-electron chi connectivity index (χ3n) is 2.51. The van der Waals surface area contributed by atoms with Crippen molar-refractivity contribution < 1.29 is 19.2 Å². The molecule has 1 amide bonds. The van der Waals surface area contributed by atoms with E-state index in [9.17, 15) is 9.59 Å². The summed E-state index contributed by atoms with van der Waals surface area (Å²) >= 11 is 11.7. The molecule has 0 unspecified atom stereocenters. The van der Waals surface area contributed by atoms with Crippen LogP contribution in [0.15, 0.2) is 22.9 Å². The van der Waals surface area contributed by atoms with Crippen LogP contribution in [0.25, 0.3) is 0 Å². The molecule has 0 radical (unpaired) electrons. The second-order valence-electron chi connectivity index (χ2n) is 3.88. The summed E-state index contributed by atoms with van der Waals surface area (Å²) in [7, 11) is 0. The summed E-state index contributed by atoms with van der Waals surface area (Å²) in [6.07, 6.45) is 1.37. The summed E-state index contributed by atoms with van der Waals surface area (Å²) in [5.41, 5.74) is 0.134. The number of hydrogen-bond acceptors (Lipinski definition) is 4.